The Kier molecular flexibility index (Phi) is 6.94. The first-order chi connectivity index (χ1) is 16.1. The zero-order valence-corrected chi connectivity index (χ0v) is 18.1. The number of nitrogens with one attached hydrogen (secondary N) is 2. The quantitative estimate of drug-likeness (QED) is 0.549. The van der Waals surface area contributed by atoms with Crippen LogP contribution in [0.15, 0.2) is 72.8 Å². The van der Waals surface area contributed by atoms with Gasteiger partial charge < -0.3 is 29.6 Å². The van der Waals surface area contributed by atoms with Gasteiger partial charge in [-0.25, -0.2) is 0 Å². The standard InChI is InChI=1S/C25H24N2O6/c1-30-20-6-4-5-18(13-20)27-24(28)16-31-19-11-9-17(10-12-19)25(29)26-14-21-15-32-22-7-2-3-8-23(22)33-21/h2-13,21H,14-16H2,1H3,(H,26,29)(H,27,28)/t21-/m1/s1. The van der Waals surface area contributed by atoms with E-state index in [1.165, 1.54) is 0 Å². The molecule has 8 nitrogen and oxygen atoms in total. The van der Waals surface area contributed by atoms with Crippen LogP contribution in [-0.4, -0.2) is 44.8 Å². The Bertz CT molecular complexity index is 1120. The first kappa shape index (κ1) is 22.0. The predicted octanol–water partition coefficient (Wildman–Crippen LogP) is 3.28. The number of anilines is 1. The highest BCUT2D eigenvalue weighted by Crippen LogP contribution is 2.30. The Balaban J connectivity index is 1.22. The molecule has 0 saturated carbocycles. The van der Waals surface area contributed by atoms with Crippen molar-refractivity contribution in [3.63, 3.8) is 0 Å². The van der Waals surface area contributed by atoms with E-state index in [-0.39, 0.29) is 24.5 Å². The normalized spacial score (nSPS) is 14.2. The first-order valence-corrected chi connectivity index (χ1v) is 10.4. The van der Waals surface area contributed by atoms with Gasteiger partial charge in [0.05, 0.1) is 13.7 Å². The fourth-order valence-corrected chi connectivity index (χ4v) is 3.22. The van der Waals surface area contributed by atoms with Gasteiger partial charge in [-0.2, -0.15) is 0 Å². The van der Waals surface area contributed by atoms with Crippen molar-refractivity contribution < 1.29 is 28.5 Å². The Morgan fingerprint density at radius 2 is 1.76 bits per heavy atom. The average molecular weight is 448 g/mol. The van der Waals surface area contributed by atoms with Gasteiger partial charge in [0.25, 0.3) is 11.8 Å². The molecular formula is C25H24N2O6. The van der Waals surface area contributed by atoms with E-state index >= 15 is 0 Å². The number of hydrogen-bond acceptors (Lipinski definition) is 6. The molecule has 3 aromatic rings. The molecule has 4 rings (SSSR count). The number of amides is 2. The number of ether oxygens (including phenoxy) is 4. The van der Waals surface area contributed by atoms with Gasteiger partial charge >= 0.3 is 0 Å². The van der Waals surface area contributed by atoms with E-state index in [9.17, 15) is 9.59 Å². The van der Waals surface area contributed by atoms with Crippen molar-refractivity contribution in [2.45, 2.75) is 6.10 Å². The number of hydrogen-bond donors (Lipinski definition) is 2. The van der Waals surface area contributed by atoms with Crippen LogP contribution in [0.25, 0.3) is 0 Å². The molecule has 0 spiro atoms. The lowest BCUT2D eigenvalue weighted by Gasteiger charge is -2.26. The van der Waals surface area contributed by atoms with Gasteiger partial charge in [-0.05, 0) is 48.5 Å². The van der Waals surface area contributed by atoms with Crippen LogP contribution in [0, 0.1) is 0 Å². The summed E-state index contributed by atoms with van der Waals surface area (Å²) in [6.07, 6.45) is -0.269. The molecule has 1 atom stereocenters. The average Bonchev–Trinajstić information content (AvgIpc) is 2.86. The third-order valence-corrected chi connectivity index (χ3v) is 4.90. The molecule has 2 N–H and O–H groups in total. The van der Waals surface area contributed by atoms with E-state index in [1.807, 2.05) is 24.3 Å². The lowest BCUT2D eigenvalue weighted by molar-refractivity contribution is -0.118. The monoisotopic (exact) mass is 448 g/mol. The number of carbonyl (C=O) groups is 2. The van der Waals surface area contributed by atoms with Gasteiger partial charge in [-0.15, -0.1) is 0 Å². The summed E-state index contributed by atoms with van der Waals surface area (Å²) in [5.74, 6) is 1.96. The molecule has 0 aromatic heterocycles. The second-order valence-electron chi connectivity index (χ2n) is 7.30. The van der Waals surface area contributed by atoms with E-state index in [4.69, 9.17) is 18.9 Å². The largest absolute Gasteiger partial charge is 0.497 e. The van der Waals surface area contributed by atoms with Crippen LogP contribution in [0.4, 0.5) is 5.69 Å². The Morgan fingerprint density at radius 1 is 0.970 bits per heavy atom. The number of methoxy groups -OCH3 is 1. The SMILES string of the molecule is COc1cccc(NC(=O)COc2ccc(C(=O)NC[C@@H]3COc4ccccc4O3)cc2)c1. The van der Waals surface area contributed by atoms with Crippen molar-refractivity contribution in [3.05, 3.63) is 78.4 Å². The molecule has 33 heavy (non-hydrogen) atoms. The predicted molar refractivity (Wildman–Crippen MR) is 122 cm³/mol. The van der Waals surface area contributed by atoms with Gasteiger partial charge in [0.15, 0.2) is 18.1 Å². The second-order valence-corrected chi connectivity index (χ2v) is 7.30. The summed E-state index contributed by atoms with van der Waals surface area (Å²) in [7, 11) is 1.56. The van der Waals surface area contributed by atoms with Crippen LogP contribution in [0.2, 0.25) is 0 Å². The number of rotatable bonds is 8. The van der Waals surface area contributed by atoms with Gasteiger partial charge in [-0.3, -0.25) is 9.59 Å². The summed E-state index contributed by atoms with van der Waals surface area (Å²) >= 11 is 0. The number of para-hydroxylation sites is 2. The topological polar surface area (TPSA) is 95.1 Å². The van der Waals surface area contributed by atoms with Crippen molar-refractivity contribution in [1.82, 2.24) is 5.32 Å². The highest BCUT2D eigenvalue weighted by atomic mass is 16.6. The van der Waals surface area contributed by atoms with E-state index < -0.39 is 0 Å². The summed E-state index contributed by atoms with van der Waals surface area (Å²) in [5.41, 5.74) is 1.09. The maximum absolute atomic E-state index is 12.4. The molecule has 0 saturated heterocycles. The minimum Gasteiger partial charge on any atom is -0.497 e. The number of benzene rings is 3. The summed E-state index contributed by atoms with van der Waals surface area (Å²) in [6.45, 7) is 0.515. The van der Waals surface area contributed by atoms with Crippen molar-refractivity contribution in [1.29, 1.82) is 0 Å². The second kappa shape index (κ2) is 10.4. The Labute approximate surface area is 191 Å². The molecular weight excluding hydrogens is 424 g/mol. The molecule has 0 fully saturated rings. The zero-order chi connectivity index (χ0) is 23.0. The van der Waals surface area contributed by atoms with Crippen molar-refractivity contribution in [3.8, 4) is 23.0 Å². The van der Waals surface area contributed by atoms with Crippen molar-refractivity contribution in [2.24, 2.45) is 0 Å². The maximum Gasteiger partial charge on any atom is 0.262 e. The van der Waals surface area contributed by atoms with Crippen LogP contribution in [0.3, 0.4) is 0 Å². The van der Waals surface area contributed by atoms with E-state index in [0.29, 0.717) is 47.4 Å². The van der Waals surface area contributed by atoms with Crippen LogP contribution < -0.4 is 29.6 Å². The minimum atomic E-state index is -0.304. The number of carbonyl (C=O) groups excluding carboxylic acids is 2. The summed E-state index contributed by atoms with van der Waals surface area (Å²) < 4.78 is 22.1. The molecule has 1 aliphatic heterocycles. The van der Waals surface area contributed by atoms with Gasteiger partial charge in [0.1, 0.15) is 24.2 Å². The first-order valence-electron chi connectivity index (χ1n) is 10.4. The van der Waals surface area contributed by atoms with E-state index in [2.05, 4.69) is 10.6 Å². The fraction of sp³-hybridized carbons (Fsp3) is 0.200. The maximum atomic E-state index is 12.4. The van der Waals surface area contributed by atoms with Gasteiger partial charge in [0, 0.05) is 17.3 Å². The van der Waals surface area contributed by atoms with Crippen molar-refractivity contribution in [2.75, 3.05) is 32.2 Å². The molecule has 1 aliphatic rings. The fourth-order valence-electron chi connectivity index (χ4n) is 3.22. The highest BCUT2D eigenvalue weighted by Gasteiger charge is 2.21. The van der Waals surface area contributed by atoms with Crippen LogP contribution >= 0.6 is 0 Å². The summed E-state index contributed by atoms with van der Waals surface area (Å²) in [6, 6.07) is 21.0. The van der Waals surface area contributed by atoms with Crippen molar-refractivity contribution >= 4 is 17.5 Å². The third kappa shape index (κ3) is 5.94. The highest BCUT2D eigenvalue weighted by molar-refractivity contribution is 5.94. The van der Waals surface area contributed by atoms with Crippen LogP contribution in [0.5, 0.6) is 23.0 Å². The zero-order valence-electron chi connectivity index (χ0n) is 18.1. The number of fused-ring (bicyclic) bond motifs is 1. The van der Waals surface area contributed by atoms with E-state index in [0.717, 1.165) is 0 Å². The van der Waals surface area contributed by atoms with E-state index in [1.54, 1.807) is 55.6 Å². The third-order valence-electron chi connectivity index (χ3n) is 4.90. The molecule has 8 heteroatoms. The molecule has 0 aliphatic carbocycles. The molecule has 1 heterocycles. The molecule has 0 radical (unpaired) electrons. The lowest BCUT2D eigenvalue weighted by atomic mass is 10.2. The Hall–Kier alpha value is -4.20. The lowest BCUT2D eigenvalue weighted by Crippen LogP contribution is -2.40. The molecule has 0 unspecified atom stereocenters. The molecule has 3 aromatic carbocycles. The molecule has 2 amide bonds. The van der Waals surface area contributed by atoms with Gasteiger partial charge in [0.2, 0.25) is 0 Å². The summed E-state index contributed by atoms with van der Waals surface area (Å²) in [4.78, 5) is 24.6. The van der Waals surface area contributed by atoms with Crippen LogP contribution in [0.1, 0.15) is 10.4 Å². The summed E-state index contributed by atoms with van der Waals surface area (Å²) in [5, 5.41) is 5.59. The smallest absolute Gasteiger partial charge is 0.262 e. The minimum absolute atomic E-state index is 0.163. The molecule has 170 valence electrons. The van der Waals surface area contributed by atoms with Crippen LogP contribution in [-0.2, 0) is 4.79 Å². The van der Waals surface area contributed by atoms with Gasteiger partial charge in [-0.1, -0.05) is 18.2 Å². The molecule has 0 bridgehead atoms. The Morgan fingerprint density at radius 3 is 2.55 bits per heavy atom.